The van der Waals surface area contributed by atoms with Crippen molar-refractivity contribution in [3.63, 3.8) is 0 Å². The summed E-state index contributed by atoms with van der Waals surface area (Å²) in [5, 5.41) is 3.30. The van der Waals surface area contributed by atoms with Crippen LogP contribution in [0.4, 0.5) is 0 Å². The molecule has 0 aliphatic carbocycles. The summed E-state index contributed by atoms with van der Waals surface area (Å²) in [6.45, 7) is 3.09. The van der Waals surface area contributed by atoms with Crippen LogP contribution in [-0.4, -0.2) is 36.9 Å². The third kappa shape index (κ3) is 4.08. The van der Waals surface area contributed by atoms with Gasteiger partial charge in [0.2, 0.25) is 0 Å². The number of aromatic nitrogens is 2. The minimum atomic E-state index is 0.708. The molecule has 1 heterocycles. The van der Waals surface area contributed by atoms with Gasteiger partial charge < -0.3 is 19.4 Å². The van der Waals surface area contributed by atoms with E-state index in [1.54, 1.807) is 14.2 Å². The molecule has 1 N–H and O–H groups in total. The molecule has 0 aliphatic rings. The first kappa shape index (κ1) is 14.6. The lowest BCUT2D eigenvalue weighted by Crippen LogP contribution is -2.21. The number of ether oxygens (including phenoxy) is 2. The molecule has 5 heteroatoms. The normalized spacial score (nSPS) is 10.7. The van der Waals surface area contributed by atoms with E-state index in [0.717, 1.165) is 31.2 Å². The zero-order valence-corrected chi connectivity index (χ0v) is 12.0. The van der Waals surface area contributed by atoms with E-state index in [1.165, 1.54) is 5.56 Å². The topological polar surface area (TPSA) is 48.3 Å². The highest BCUT2D eigenvalue weighted by Gasteiger charge is 2.03. The Bertz CT molecular complexity index is 508. The highest BCUT2D eigenvalue weighted by molar-refractivity contribution is 5.27. The van der Waals surface area contributed by atoms with Crippen LogP contribution in [0.5, 0.6) is 5.75 Å². The average molecular weight is 275 g/mol. The van der Waals surface area contributed by atoms with E-state index in [0.29, 0.717) is 6.61 Å². The standard InChI is InChI=1S/C15H21N3O2/c1-19-10-8-16-11-15-17-7-9-18(15)12-13-3-5-14(20-2)6-4-13/h3-7,9,16H,8,10-12H2,1-2H3. The lowest BCUT2D eigenvalue weighted by molar-refractivity contribution is 0.199. The molecule has 0 radical (unpaired) electrons. The van der Waals surface area contributed by atoms with Gasteiger partial charge in [-0.2, -0.15) is 0 Å². The summed E-state index contributed by atoms with van der Waals surface area (Å²) >= 11 is 0. The Morgan fingerprint density at radius 2 is 2.00 bits per heavy atom. The van der Waals surface area contributed by atoms with Crippen molar-refractivity contribution in [2.75, 3.05) is 27.4 Å². The molecule has 5 nitrogen and oxygen atoms in total. The van der Waals surface area contributed by atoms with Crippen molar-refractivity contribution >= 4 is 0 Å². The van der Waals surface area contributed by atoms with Crippen LogP contribution in [0, 0.1) is 0 Å². The maximum absolute atomic E-state index is 5.16. The van der Waals surface area contributed by atoms with Crippen LogP contribution in [0.2, 0.25) is 0 Å². The van der Waals surface area contributed by atoms with E-state index in [1.807, 2.05) is 24.5 Å². The predicted molar refractivity (Wildman–Crippen MR) is 77.9 cm³/mol. The van der Waals surface area contributed by atoms with Gasteiger partial charge in [0.05, 0.1) is 20.3 Å². The Labute approximate surface area is 119 Å². The van der Waals surface area contributed by atoms with Crippen molar-refractivity contribution in [3.05, 3.63) is 48.0 Å². The molecule has 20 heavy (non-hydrogen) atoms. The summed E-state index contributed by atoms with van der Waals surface area (Å²) in [5.74, 6) is 1.90. The van der Waals surface area contributed by atoms with Gasteiger partial charge in [-0.1, -0.05) is 12.1 Å². The molecule has 108 valence electrons. The molecule has 2 rings (SSSR count). The molecular weight excluding hydrogens is 254 g/mol. The van der Waals surface area contributed by atoms with Crippen molar-refractivity contribution in [2.24, 2.45) is 0 Å². The number of nitrogens with zero attached hydrogens (tertiary/aromatic N) is 2. The Morgan fingerprint density at radius 3 is 2.70 bits per heavy atom. The second-order valence-corrected chi connectivity index (χ2v) is 4.49. The van der Waals surface area contributed by atoms with E-state index in [-0.39, 0.29) is 0 Å². The molecule has 0 bridgehead atoms. The van der Waals surface area contributed by atoms with Gasteiger partial charge in [0.1, 0.15) is 11.6 Å². The van der Waals surface area contributed by atoms with Crippen molar-refractivity contribution in [2.45, 2.75) is 13.1 Å². The Balaban J connectivity index is 1.93. The third-order valence-electron chi connectivity index (χ3n) is 3.08. The molecule has 0 fully saturated rings. The van der Waals surface area contributed by atoms with Gasteiger partial charge in [0.25, 0.3) is 0 Å². The van der Waals surface area contributed by atoms with Crippen LogP contribution in [0.25, 0.3) is 0 Å². The molecule has 0 unspecified atom stereocenters. The van der Waals surface area contributed by atoms with Crippen LogP contribution in [0.15, 0.2) is 36.7 Å². The van der Waals surface area contributed by atoms with Gasteiger partial charge >= 0.3 is 0 Å². The Hall–Kier alpha value is -1.85. The molecule has 0 atom stereocenters. The summed E-state index contributed by atoms with van der Waals surface area (Å²) in [6.07, 6.45) is 3.83. The highest BCUT2D eigenvalue weighted by atomic mass is 16.5. The number of hydrogen-bond donors (Lipinski definition) is 1. The summed E-state index contributed by atoms with van der Waals surface area (Å²) in [4.78, 5) is 4.38. The zero-order valence-electron chi connectivity index (χ0n) is 12.0. The van der Waals surface area contributed by atoms with Crippen LogP contribution >= 0.6 is 0 Å². The van der Waals surface area contributed by atoms with Gasteiger partial charge in [-0.15, -0.1) is 0 Å². The van der Waals surface area contributed by atoms with E-state index >= 15 is 0 Å². The third-order valence-corrected chi connectivity index (χ3v) is 3.08. The van der Waals surface area contributed by atoms with Gasteiger partial charge in [0.15, 0.2) is 0 Å². The summed E-state index contributed by atoms with van der Waals surface area (Å²) < 4.78 is 12.3. The van der Waals surface area contributed by atoms with Crippen LogP contribution in [0.1, 0.15) is 11.4 Å². The fraction of sp³-hybridized carbons (Fsp3) is 0.400. The molecule has 1 aromatic heterocycles. The van der Waals surface area contributed by atoms with E-state index in [4.69, 9.17) is 9.47 Å². The number of methoxy groups -OCH3 is 2. The lowest BCUT2D eigenvalue weighted by Gasteiger charge is -2.09. The quantitative estimate of drug-likeness (QED) is 0.745. The van der Waals surface area contributed by atoms with Gasteiger partial charge in [0, 0.05) is 32.6 Å². The van der Waals surface area contributed by atoms with Crippen molar-refractivity contribution in [1.82, 2.24) is 14.9 Å². The number of hydrogen-bond acceptors (Lipinski definition) is 4. The molecule has 0 saturated heterocycles. The fourth-order valence-corrected chi connectivity index (χ4v) is 1.95. The Kier molecular flexibility index (Phi) is 5.58. The minimum absolute atomic E-state index is 0.708. The summed E-state index contributed by atoms with van der Waals surface area (Å²) in [7, 11) is 3.38. The first-order valence-electron chi connectivity index (χ1n) is 6.66. The SMILES string of the molecule is COCCNCc1nccn1Cc1ccc(OC)cc1. The van der Waals surface area contributed by atoms with Gasteiger partial charge in [-0.3, -0.25) is 0 Å². The number of imidazole rings is 1. The van der Waals surface area contributed by atoms with Crippen LogP contribution < -0.4 is 10.1 Å². The molecule has 0 saturated carbocycles. The second kappa shape index (κ2) is 7.67. The molecule has 0 spiro atoms. The molecular formula is C15H21N3O2. The van der Waals surface area contributed by atoms with Crippen molar-refractivity contribution in [1.29, 1.82) is 0 Å². The predicted octanol–water partition coefficient (Wildman–Crippen LogP) is 1.68. The van der Waals surface area contributed by atoms with Crippen molar-refractivity contribution in [3.8, 4) is 5.75 Å². The summed E-state index contributed by atoms with van der Waals surface area (Å²) in [6, 6.07) is 8.09. The minimum Gasteiger partial charge on any atom is -0.497 e. The highest BCUT2D eigenvalue weighted by Crippen LogP contribution is 2.13. The number of rotatable bonds is 8. The smallest absolute Gasteiger partial charge is 0.122 e. The maximum atomic E-state index is 5.16. The number of benzene rings is 1. The van der Waals surface area contributed by atoms with Crippen molar-refractivity contribution < 1.29 is 9.47 Å². The van der Waals surface area contributed by atoms with E-state index in [2.05, 4.69) is 27.0 Å². The second-order valence-electron chi connectivity index (χ2n) is 4.49. The monoisotopic (exact) mass is 275 g/mol. The molecule has 1 aromatic carbocycles. The molecule has 0 aliphatic heterocycles. The maximum Gasteiger partial charge on any atom is 0.122 e. The summed E-state index contributed by atoms with van der Waals surface area (Å²) in [5.41, 5.74) is 1.22. The molecule has 0 amide bonds. The number of nitrogens with one attached hydrogen (secondary N) is 1. The van der Waals surface area contributed by atoms with E-state index < -0.39 is 0 Å². The van der Waals surface area contributed by atoms with E-state index in [9.17, 15) is 0 Å². The first-order valence-corrected chi connectivity index (χ1v) is 6.66. The Morgan fingerprint density at radius 1 is 1.20 bits per heavy atom. The average Bonchev–Trinajstić information content (AvgIpc) is 2.92. The van der Waals surface area contributed by atoms with Crippen LogP contribution in [0.3, 0.4) is 0 Å². The van der Waals surface area contributed by atoms with Gasteiger partial charge in [-0.25, -0.2) is 4.98 Å². The fourth-order valence-electron chi connectivity index (χ4n) is 1.95. The van der Waals surface area contributed by atoms with Crippen LogP contribution in [-0.2, 0) is 17.8 Å². The largest absolute Gasteiger partial charge is 0.497 e. The zero-order chi connectivity index (χ0) is 14.2. The van der Waals surface area contributed by atoms with Gasteiger partial charge in [-0.05, 0) is 17.7 Å². The molecule has 2 aromatic rings. The first-order chi connectivity index (χ1) is 9.83. The lowest BCUT2D eigenvalue weighted by atomic mass is 10.2.